The van der Waals surface area contributed by atoms with Crippen molar-refractivity contribution in [2.24, 2.45) is 0 Å². The molecule has 0 bridgehead atoms. The van der Waals surface area contributed by atoms with Gasteiger partial charge in [0.25, 0.3) is 5.91 Å². The summed E-state index contributed by atoms with van der Waals surface area (Å²) in [5.74, 6) is 1.35. The molecule has 0 aromatic heterocycles. The van der Waals surface area contributed by atoms with Crippen LogP contribution < -0.4 is 9.64 Å². The molecule has 0 radical (unpaired) electrons. The number of carbonyl (C=O) groups excluding carboxylic acids is 1. The third-order valence-corrected chi connectivity index (χ3v) is 7.50. The number of hydrogen-bond acceptors (Lipinski definition) is 4. The minimum absolute atomic E-state index is 0.0189. The molecular formula is C17H22ClN2O4S+. The number of carbonyl (C=O) groups is 1. The van der Waals surface area contributed by atoms with Gasteiger partial charge in [0.2, 0.25) is 0 Å². The number of benzene rings is 1. The van der Waals surface area contributed by atoms with E-state index in [2.05, 4.69) is 0 Å². The smallest absolute Gasteiger partial charge is 0.264 e. The van der Waals surface area contributed by atoms with E-state index in [4.69, 9.17) is 16.3 Å². The molecule has 0 saturated carbocycles. The topological polar surface area (TPSA) is 68.1 Å². The molecule has 3 heterocycles. The predicted octanol–water partition coefficient (Wildman–Crippen LogP) is -0.442. The van der Waals surface area contributed by atoms with Crippen LogP contribution in [0.3, 0.4) is 0 Å². The van der Waals surface area contributed by atoms with Crippen molar-refractivity contribution in [2.45, 2.75) is 25.0 Å². The monoisotopic (exact) mass is 385 g/mol. The molecule has 0 unspecified atom stereocenters. The Bertz CT molecular complexity index is 790. The number of piperazine rings is 1. The molecule has 6 nitrogen and oxygen atoms in total. The third kappa shape index (κ3) is 3.50. The number of ether oxygens (including phenoxy) is 1. The van der Waals surface area contributed by atoms with Crippen molar-refractivity contribution in [1.29, 1.82) is 0 Å². The first-order chi connectivity index (χ1) is 11.9. The minimum Gasteiger partial charge on any atom is -0.480 e. The Balaban J connectivity index is 1.33. The predicted molar refractivity (Wildman–Crippen MR) is 93.9 cm³/mol. The van der Waals surface area contributed by atoms with E-state index in [0.717, 1.165) is 30.8 Å². The number of halogens is 1. The molecule has 2 fully saturated rings. The van der Waals surface area contributed by atoms with Crippen LogP contribution in [-0.4, -0.2) is 69.1 Å². The SMILES string of the molecule is O=C([C@@H]1Cc2cc(Cl)ccc2O1)N1CC[NH+]([C@@H]2CCS(=O)(=O)C2)CC1. The molecule has 1 amide bonds. The number of rotatable bonds is 2. The molecule has 2 atom stereocenters. The van der Waals surface area contributed by atoms with Crippen molar-refractivity contribution >= 4 is 27.3 Å². The first-order valence-corrected chi connectivity index (χ1v) is 10.9. The summed E-state index contributed by atoms with van der Waals surface area (Å²) in [6.07, 6.45) is 0.831. The highest BCUT2D eigenvalue weighted by Gasteiger charge is 2.39. The summed E-state index contributed by atoms with van der Waals surface area (Å²) < 4.78 is 29.1. The molecule has 8 heteroatoms. The highest BCUT2D eigenvalue weighted by molar-refractivity contribution is 7.91. The number of hydrogen-bond donors (Lipinski definition) is 1. The van der Waals surface area contributed by atoms with Crippen LogP contribution in [0.5, 0.6) is 5.75 Å². The van der Waals surface area contributed by atoms with Gasteiger partial charge in [0.15, 0.2) is 15.9 Å². The summed E-state index contributed by atoms with van der Waals surface area (Å²) in [6.45, 7) is 2.91. The fourth-order valence-electron chi connectivity index (χ4n) is 4.10. The Morgan fingerprint density at radius 3 is 2.72 bits per heavy atom. The van der Waals surface area contributed by atoms with Gasteiger partial charge in [0.1, 0.15) is 17.5 Å². The summed E-state index contributed by atoms with van der Waals surface area (Å²) in [6, 6.07) is 5.63. The first-order valence-electron chi connectivity index (χ1n) is 8.70. The lowest BCUT2D eigenvalue weighted by molar-refractivity contribution is -0.925. The van der Waals surface area contributed by atoms with Crippen molar-refractivity contribution in [3.8, 4) is 5.75 Å². The zero-order valence-electron chi connectivity index (χ0n) is 13.9. The molecular weight excluding hydrogens is 364 g/mol. The minimum atomic E-state index is -2.85. The second-order valence-electron chi connectivity index (χ2n) is 7.15. The van der Waals surface area contributed by atoms with Gasteiger partial charge >= 0.3 is 0 Å². The molecule has 1 aromatic rings. The maximum absolute atomic E-state index is 12.7. The van der Waals surface area contributed by atoms with Crippen LogP contribution in [0.2, 0.25) is 5.02 Å². The van der Waals surface area contributed by atoms with Gasteiger partial charge in [-0.2, -0.15) is 0 Å². The molecule has 136 valence electrons. The number of fused-ring (bicyclic) bond motifs is 1. The first kappa shape index (κ1) is 17.1. The van der Waals surface area contributed by atoms with E-state index in [-0.39, 0.29) is 17.7 Å². The molecule has 2 saturated heterocycles. The van der Waals surface area contributed by atoms with Crippen LogP contribution in [0.1, 0.15) is 12.0 Å². The van der Waals surface area contributed by atoms with Crippen LogP contribution in [0.15, 0.2) is 18.2 Å². The van der Waals surface area contributed by atoms with Crippen LogP contribution >= 0.6 is 11.6 Å². The summed E-state index contributed by atoms with van der Waals surface area (Å²) in [5.41, 5.74) is 0.978. The van der Waals surface area contributed by atoms with Gasteiger partial charge in [-0.05, 0) is 23.8 Å². The number of quaternary nitrogens is 1. The van der Waals surface area contributed by atoms with E-state index in [1.54, 1.807) is 6.07 Å². The Kier molecular flexibility index (Phi) is 4.42. The van der Waals surface area contributed by atoms with Crippen LogP contribution in [0, 0.1) is 0 Å². The van der Waals surface area contributed by atoms with E-state index in [1.165, 1.54) is 4.90 Å². The van der Waals surface area contributed by atoms with Gasteiger partial charge in [-0.1, -0.05) is 11.6 Å². The molecule has 0 aliphatic carbocycles. The van der Waals surface area contributed by atoms with E-state index in [9.17, 15) is 13.2 Å². The van der Waals surface area contributed by atoms with Gasteiger partial charge < -0.3 is 14.5 Å². The lowest BCUT2D eigenvalue weighted by Crippen LogP contribution is -3.18. The van der Waals surface area contributed by atoms with Crippen molar-refractivity contribution in [3.05, 3.63) is 28.8 Å². The van der Waals surface area contributed by atoms with Crippen LogP contribution in [-0.2, 0) is 21.1 Å². The van der Waals surface area contributed by atoms with Gasteiger partial charge in [0.05, 0.1) is 31.9 Å². The summed E-state index contributed by atoms with van der Waals surface area (Å²) in [5, 5.41) is 0.652. The average molecular weight is 386 g/mol. The lowest BCUT2D eigenvalue weighted by Gasteiger charge is -2.35. The zero-order chi connectivity index (χ0) is 17.6. The summed E-state index contributed by atoms with van der Waals surface area (Å²) in [7, 11) is -2.85. The van der Waals surface area contributed by atoms with E-state index in [0.29, 0.717) is 30.3 Å². The molecule has 25 heavy (non-hydrogen) atoms. The van der Waals surface area contributed by atoms with Crippen LogP contribution in [0.25, 0.3) is 0 Å². The normalized spacial score (nSPS) is 28.6. The average Bonchev–Trinajstić information content (AvgIpc) is 3.17. The largest absolute Gasteiger partial charge is 0.480 e. The Labute approximate surface area is 152 Å². The van der Waals surface area contributed by atoms with Gasteiger partial charge in [-0.3, -0.25) is 4.79 Å². The summed E-state index contributed by atoms with van der Waals surface area (Å²) >= 11 is 6.00. The highest BCUT2D eigenvalue weighted by atomic mass is 35.5. The van der Waals surface area contributed by atoms with Gasteiger partial charge in [-0.15, -0.1) is 0 Å². The van der Waals surface area contributed by atoms with E-state index in [1.807, 2.05) is 17.0 Å². The van der Waals surface area contributed by atoms with Gasteiger partial charge in [0, 0.05) is 17.9 Å². The molecule has 1 N–H and O–H groups in total. The van der Waals surface area contributed by atoms with E-state index < -0.39 is 15.9 Å². The molecule has 3 aliphatic rings. The molecule has 1 aromatic carbocycles. The number of amides is 1. The second-order valence-corrected chi connectivity index (χ2v) is 9.81. The Morgan fingerprint density at radius 2 is 2.04 bits per heavy atom. The van der Waals surface area contributed by atoms with Crippen molar-refractivity contribution in [1.82, 2.24) is 4.90 Å². The van der Waals surface area contributed by atoms with Crippen LogP contribution in [0.4, 0.5) is 0 Å². The fourth-order valence-corrected chi connectivity index (χ4v) is 6.12. The quantitative estimate of drug-likeness (QED) is 0.749. The lowest BCUT2D eigenvalue weighted by atomic mass is 10.1. The highest BCUT2D eigenvalue weighted by Crippen LogP contribution is 2.31. The Hall–Kier alpha value is -1.31. The standard InChI is InChI=1S/C17H21ClN2O4S/c18-13-1-2-15-12(9-13)10-16(24-15)17(21)20-6-4-19(5-7-20)14-3-8-25(22,23)11-14/h1-2,9,14,16H,3-8,10-11H2/p+1/t14-,16+/m1/s1. The number of nitrogens with zero attached hydrogens (tertiary/aromatic N) is 1. The van der Waals surface area contributed by atoms with E-state index >= 15 is 0 Å². The fraction of sp³-hybridized carbons (Fsp3) is 0.588. The van der Waals surface area contributed by atoms with Gasteiger partial charge in [-0.25, -0.2) is 8.42 Å². The summed E-state index contributed by atoms with van der Waals surface area (Å²) in [4.78, 5) is 15.9. The third-order valence-electron chi connectivity index (χ3n) is 5.50. The second kappa shape index (κ2) is 6.45. The van der Waals surface area contributed by atoms with Crippen molar-refractivity contribution < 1.29 is 22.8 Å². The number of nitrogens with one attached hydrogen (secondary N) is 1. The Morgan fingerprint density at radius 1 is 1.28 bits per heavy atom. The molecule has 3 aliphatic heterocycles. The van der Waals surface area contributed by atoms with Crippen molar-refractivity contribution in [2.75, 3.05) is 37.7 Å². The van der Waals surface area contributed by atoms with Crippen molar-refractivity contribution in [3.63, 3.8) is 0 Å². The molecule has 0 spiro atoms. The maximum Gasteiger partial charge on any atom is 0.264 e. The zero-order valence-corrected chi connectivity index (χ0v) is 15.5. The number of sulfone groups is 1. The molecule has 4 rings (SSSR count). The maximum atomic E-state index is 12.7.